The number of thiophene rings is 2. The molecule has 0 aliphatic carbocycles. The lowest BCUT2D eigenvalue weighted by molar-refractivity contribution is -0.0128. The molecule has 6 rings (SSSR count). The Bertz CT molecular complexity index is 1510. The van der Waals surface area contributed by atoms with Crippen LogP contribution in [0.1, 0.15) is 59.2 Å². The van der Waals surface area contributed by atoms with Crippen molar-refractivity contribution in [1.82, 2.24) is 10.2 Å². The summed E-state index contributed by atoms with van der Waals surface area (Å²) < 4.78 is 51.6. The van der Waals surface area contributed by atoms with Gasteiger partial charge in [0.1, 0.15) is 0 Å². The molecule has 248 valence electrons. The first kappa shape index (κ1) is 37.2. The van der Waals surface area contributed by atoms with Gasteiger partial charge in [0, 0.05) is 65.8 Å². The predicted molar refractivity (Wildman–Crippen MR) is 180 cm³/mol. The third-order valence-electron chi connectivity index (χ3n) is 7.38. The van der Waals surface area contributed by atoms with Crippen molar-refractivity contribution in [1.29, 1.82) is 0 Å². The summed E-state index contributed by atoms with van der Waals surface area (Å²) in [6.45, 7) is 1.75. The van der Waals surface area contributed by atoms with Gasteiger partial charge in [-0.15, -0.1) is 35.1 Å². The van der Waals surface area contributed by atoms with Gasteiger partial charge in [0.2, 0.25) is 11.8 Å². The van der Waals surface area contributed by atoms with Gasteiger partial charge in [-0.05, 0) is 42.6 Å². The molecule has 2 aromatic carbocycles. The third-order valence-corrected chi connectivity index (χ3v) is 9.34. The van der Waals surface area contributed by atoms with Gasteiger partial charge >= 0.3 is 5.97 Å². The van der Waals surface area contributed by atoms with Crippen LogP contribution in [0.25, 0.3) is 20.9 Å². The lowest BCUT2D eigenvalue weighted by Gasteiger charge is -2.19. The minimum absolute atomic E-state index is 0. The summed E-state index contributed by atoms with van der Waals surface area (Å²) in [5.74, 6) is -6.05. The Morgan fingerprint density at radius 1 is 0.696 bits per heavy atom. The summed E-state index contributed by atoms with van der Waals surface area (Å²) in [6.07, 6.45) is 0.651. The van der Waals surface area contributed by atoms with Gasteiger partial charge in [-0.25, -0.2) is 22.4 Å². The Labute approximate surface area is 280 Å². The maximum atomic E-state index is 13.4. The number of halogens is 5. The molecule has 4 heterocycles. The molecule has 2 aromatic heterocycles. The molecule has 5 nitrogen and oxygen atoms in total. The number of carbonyl (C=O) groups excluding carboxylic acids is 1. The topological polar surface area (TPSA) is 69.6 Å². The van der Waals surface area contributed by atoms with E-state index in [-0.39, 0.29) is 50.5 Å². The second-order valence-corrected chi connectivity index (χ2v) is 12.7. The molecule has 46 heavy (non-hydrogen) atoms. The molecule has 12 heteroatoms. The Morgan fingerprint density at radius 2 is 1.22 bits per heavy atom. The number of alkyl halides is 4. The van der Waals surface area contributed by atoms with Gasteiger partial charge in [0.15, 0.2) is 0 Å². The quantitative estimate of drug-likeness (QED) is 0.209. The molecule has 0 unspecified atom stereocenters. The van der Waals surface area contributed by atoms with Crippen LogP contribution < -0.4 is 5.32 Å². The highest BCUT2D eigenvalue weighted by atomic mass is 35.5. The number of amides is 1. The lowest BCUT2D eigenvalue weighted by Crippen LogP contribution is -2.32. The number of likely N-dealkylation sites (tertiary alicyclic amines) is 1. The normalized spacial score (nSPS) is 17.0. The summed E-state index contributed by atoms with van der Waals surface area (Å²) >= 11 is 2.95. The second-order valence-electron chi connectivity index (χ2n) is 10.9. The van der Waals surface area contributed by atoms with Crippen LogP contribution in [0.4, 0.5) is 17.6 Å². The molecular weight excluding hydrogens is 660 g/mol. The highest BCUT2D eigenvalue weighted by Gasteiger charge is 2.33. The standard InChI is InChI=1S/C17H17F2NOS.C11H8O2S.C6H11F2N.ClH/c18-17(19)7-4-9-20(10-8-17)16(21)14-11-15(22-12-14)13-5-2-1-3-6-13;12-11(13)9-6-10(14-7-9)8-4-2-1-3-5-8;7-6(8)2-1-4-9-5-3-6;/h1-3,5-6,11-12H,4,7-10H2;1-7H,(H,12,13);9H,1-5H2;1H. The zero-order chi connectivity index (χ0) is 32.3. The van der Waals surface area contributed by atoms with Crippen molar-refractivity contribution >= 4 is 47.0 Å². The Morgan fingerprint density at radius 3 is 1.78 bits per heavy atom. The van der Waals surface area contributed by atoms with Gasteiger partial charge in [-0.2, -0.15) is 0 Å². The minimum atomic E-state index is -2.64. The number of aromatic carboxylic acids is 1. The molecule has 2 fully saturated rings. The molecule has 1 amide bonds. The fourth-order valence-corrected chi connectivity index (χ4v) is 6.63. The first-order valence-corrected chi connectivity index (χ1v) is 16.6. The van der Waals surface area contributed by atoms with Crippen LogP contribution in [-0.2, 0) is 0 Å². The van der Waals surface area contributed by atoms with Crippen molar-refractivity contribution in [3.8, 4) is 20.9 Å². The maximum Gasteiger partial charge on any atom is 0.336 e. The van der Waals surface area contributed by atoms with Gasteiger partial charge in [0.25, 0.3) is 5.91 Å². The van der Waals surface area contributed by atoms with E-state index in [2.05, 4.69) is 5.32 Å². The van der Waals surface area contributed by atoms with Crippen LogP contribution in [-0.4, -0.2) is 59.9 Å². The minimum Gasteiger partial charge on any atom is -0.478 e. The van der Waals surface area contributed by atoms with Crippen LogP contribution in [0, 0.1) is 0 Å². The number of benzene rings is 2. The summed E-state index contributed by atoms with van der Waals surface area (Å²) in [6, 6.07) is 23.1. The molecule has 0 spiro atoms. The summed E-state index contributed by atoms with van der Waals surface area (Å²) in [4.78, 5) is 26.7. The number of rotatable bonds is 4. The van der Waals surface area contributed by atoms with Crippen LogP contribution in [0.15, 0.2) is 83.6 Å². The largest absolute Gasteiger partial charge is 0.478 e. The van der Waals surface area contributed by atoms with E-state index < -0.39 is 17.8 Å². The Kier molecular flexibility index (Phi) is 14.2. The van der Waals surface area contributed by atoms with E-state index >= 15 is 0 Å². The molecule has 0 radical (unpaired) electrons. The smallest absolute Gasteiger partial charge is 0.336 e. The molecular formula is C34H37ClF4N2O3S2. The van der Waals surface area contributed by atoms with E-state index in [0.717, 1.165) is 27.4 Å². The summed E-state index contributed by atoms with van der Waals surface area (Å²) in [5, 5.41) is 15.1. The van der Waals surface area contributed by atoms with Gasteiger partial charge in [-0.1, -0.05) is 60.7 Å². The van der Waals surface area contributed by atoms with Crippen LogP contribution in [0.2, 0.25) is 0 Å². The first-order chi connectivity index (χ1) is 21.5. The van der Waals surface area contributed by atoms with Crippen LogP contribution in [0.5, 0.6) is 0 Å². The molecule has 2 aliphatic heterocycles. The number of hydrogen-bond donors (Lipinski definition) is 2. The SMILES string of the molecule is Cl.FC1(F)CCCNCC1.O=C(O)c1csc(-c2ccccc2)c1.O=C(c1csc(-c2ccccc2)c1)N1CCCC(F)(F)CC1. The number of nitrogens with zero attached hydrogens (tertiary/aromatic N) is 1. The van der Waals surface area contributed by atoms with Crippen LogP contribution >= 0.6 is 35.1 Å². The van der Waals surface area contributed by atoms with E-state index in [9.17, 15) is 27.2 Å². The van der Waals surface area contributed by atoms with Gasteiger partial charge < -0.3 is 15.3 Å². The molecule has 0 bridgehead atoms. The molecule has 2 N–H and O–H groups in total. The number of carbonyl (C=O) groups is 2. The number of nitrogens with one attached hydrogen (secondary N) is 1. The van der Waals surface area contributed by atoms with Crippen molar-refractivity contribution in [2.24, 2.45) is 0 Å². The maximum absolute atomic E-state index is 13.4. The van der Waals surface area contributed by atoms with Crippen molar-refractivity contribution in [3.05, 3.63) is 94.7 Å². The molecule has 2 aliphatic rings. The van der Waals surface area contributed by atoms with Crippen molar-refractivity contribution < 1.29 is 32.3 Å². The fourth-order valence-electron chi connectivity index (χ4n) is 4.85. The van der Waals surface area contributed by atoms with Crippen molar-refractivity contribution in [3.63, 3.8) is 0 Å². The van der Waals surface area contributed by atoms with E-state index in [1.807, 2.05) is 72.1 Å². The second kappa shape index (κ2) is 17.6. The third kappa shape index (κ3) is 11.5. The number of carboxylic acid groups (broad SMARTS) is 1. The average molecular weight is 697 g/mol. The fraction of sp³-hybridized carbons (Fsp3) is 0.353. The van der Waals surface area contributed by atoms with Gasteiger partial charge in [0.05, 0.1) is 11.1 Å². The molecule has 2 saturated heterocycles. The van der Waals surface area contributed by atoms with Gasteiger partial charge in [-0.3, -0.25) is 4.79 Å². The van der Waals surface area contributed by atoms with Crippen LogP contribution in [0.3, 0.4) is 0 Å². The lowest BCUT2D eigenvalue weighted by atomic mass is 10.1. The average Bonchev–Trinajstić information content (AvgIpc) is 3.65. The summed E-state index contributed by atoms with van der Waals surface area (Å²) in [7, 11) is 0. The molecule has 0 atom stereocenters. The van der Waals surface area contributed by atoms with Crippen molar-refractivity contribution in [2.75, 3.05) is 26.2 Å². The Balaban J connectivity index is 0.000000205. The zero-order valence-corrected chi connectivity index (χ0v) is 27.6. The van der Waals surface area contributed by atoms with E-state index in [4.69, 9.17) is 5.11 Å². The number of carboxylic acids is 1. The van der Waals surface area contributed by atoms with Crippen molar-refractivity contribution in [2.45, 2.75) is 50.4 Å². The molecule has 4 aromatic rings. The number of hydrogen-bond acceptors (Lipinski definition) is 5. The van der Waals surface area contributed by atoms with E-state index in [0.29, 0.717) is 37.1 Å². The Hall–Kier alpha value is -3.25. The summed E-state index contributed by atoms with van der Waals surface area (Å²) in [5.41, 5.74) is 3.07. The molecule has 0 saturated carbocycles. The highest BCUT2D eigenvalue weighted by molar-refractivity contribution is 7.14. The first-order valence-electron chi connectivity index (χ1n) is 14.8. The zero-order valence-electron chi connectivity index (χ0n) is 25.1. The highest BCUT2D eigenvalue weighted by Crippen LogP contribution is 2.31. The van der Waals surface area contributed by atoms with E-state index in [1.165, 1.54) is 22.7 Å². The van der Waals surface area contributed by atoms with E-state index in [1.54, 1.807) is 16.3 Å². The predicted octanol–water partition coefficient (Wildman–Crippen LogP) is 9.61. The monoisotopic (exact) mass is 696 g/mol.